The van der Waals surface area contributed by atoms with Gasteiger partial charge in [0.1, 0.15) is 0 Å². The van der Waals surface area contributed by atoms with Crippen LogP contribution in [0, 0.1) is 0 Å². The first-order chi connectivity index (χ1) is 11.2. The molecule has 1 aromatic carbocycles. The van der Waals surface area contributed by atoms with Crippen molar-refractivity contribution in [3.05, 3.63) is 59.9 Å². The van der Waals surface area contributed by atoms with Gasteiger partial charge >= 0.3 is 0 Å². The Balaban J connectivity index is 1.53. The molecule has 0 bridgehead atoms. The highest BCUT2D eigenvalue weighted by atomic mass is 16.1. The van der Waals surface area contributed by atoms with Crippen LogP contribution in [0.2, 0.25) is 0 Å². The molecule has 23 heavy (non-hydrogen) atoms. The number of nitrogens with one attached hydrogen (secondary N) is 2. The minimum Gasteiger partial charge on any atom is -0.381 e. The fraction of sp³-hybridized carbons (Fsp3) is 0.333. The first-order valence-electron chi connectivity index (χ1n) is 7.98. The Morgan fingerprint density at radius 3 is 2.78 bits per heavy atom. The number of aryl methyl sites for hydroxylation is 1. The van der Waals surface area contributed by atoms with Gasteiger partial charge in [0.2, 0.25) is 0 Å². The van der Waals surface area contributed by atoms with Crippen molar-refractivity contribution in [3.63, 3.8) is 0 Å². The molecule has 0 radical (unpaired) electrons. The number of anilines is 1. The number of carbonyl (C=O) groups is 1. The smallest absolute Gasteiger partial charge is 0.251 e. The molecule has 0 fully saturated rings. The van der Waals surface area contributed by atoms with Crippen molar-refractivity contribution < 1.29 is 4.79 Å². The first kappa shape index (κ1) is 15.3. The van der Waals surface area contributed by atoms with Gasteiger partial charge in [-0.3, -0.25) is 9.48 Å². The molecular weight excluding hydrogens is 288 g/mol. The third kappa shape index (κ3) is 4.22. The Morgan fingerprint density at radius 1 is 1.30 bits per heavy atom. The molecule has 1 aliphatic carbocycles. The average Bonchev–Trinajstić information content (AvgIpc) is 3.00. The molecule has 1 heterocycles. The molecule has 0 aliphatic heterocycles. The molecule has 120 valence electrons. The van der Waals surface area contributed by atoms with Crippen LogP contribution in [0.1, 0.15) is 35.2 Å². The summed E-state index contributed by atoms with van der Waals surface area (Å²) in [4.78, 5) is 12.2. The maximum atomic E-state index is 12.2. The topological polar surface area (TPSA) is 59.0 Å². The second-order valence-corrected chi connectivity index (χ2v) is 5.91. The highest BCUT2D eigenvalue weighted by Crippen LogP contribution is 2.14. The Hall–Kier alpha value is -2.56. The summed E-state index contributed by atoms with van der Waals surface area (Å²) in [5, 5.41) is 10.6. The number of hydrogen-bond donors (Lipinski definition) is 2. The number of aromatic nitrogens is 2. The maximum Gasteiger partial charge on any atom is 0.251 e. The van der Waals surface area contributed by atoms with E-state index >= 15 is 0 Å². The summed E-state index contributed by atoms with van der Waals surface area (Å²) < 4.78 is 1.78. The van der Waals surface area contributed by atoms with Crippen LogP contribution in [0.4, 0.5) is 5.69 Å². The predicted molar refractivity (Wildman–Crippen MR) is 91.2 cm³/mol. The van der Waals surface area contributed by atoms with Crippen molar-refractivity contribution in [2.45, 2.75) is 31.8 Å². The molecule has 1 unspecified atom stereocenters. The number of benzene rings is 1. The lowest BCUT2D eigenvalue weighted by Gasteiger charge is -2.19. The van der Waals surface area contributed by atoms with E-state index in [0.717, 1.165) is 30.5 Å². The van der Waals surface area contributed by atoms with Crippen molar-refractivity contribution in [3.8, 4) is 0 Å². The second-order valence-electron chi connectivity index (χ2n) is 5.91. The van der Waals surface area contributed by atoms with E-state index in [2.05, 4.69) is 27.9 Å². The first-order valence-corrected chi connectivity index (χ1v) is 7.98. The van der Waals surface area contributed by atoms with Gasteiger partial charge < -0.3 is 10.6 Å². The van der Waals surface area contributed by atoms with Crippen LogP contribution in [0.3, 0.4) is 0 Å². The summed E-state index contributed by atoms with van der Waals surface area (Å²) in [6.45, 7) is 0.716. The van der Waals surface area contributed by atoms with Crippen LogP contribution in [0.5, 0.6) is 0 Å². The van der Waals surface area contributed by atoms with Crippen LogP contribution in [0.25, 0.3) is 0 Å². The van der Waals surface area contributed by atoms with Crippen molar-refractivity contribution >= 4 is 11.6 Å². The van der Waals surface area contributed by atoms with E-state index in [1.165, 1.54) is 0 Å². The Labute approximate surface area is 136 Å². The lowest BCUT2D eigenvalue weighted by atomic mass is 10.0. The molecule has 1 amide bonds. The van der Waals surface area contributed by atoms with Gasteiger partial charge in [0.15, 0.2) is 0 Å². The van der Waals surface area contributed by atoms with Gasteiger partial charge in [0, 0.05) is 42.6 Å². The zero-order chi connectivity index (χ0) is 16.1. The highest BCUT2D eigenvalue weighted by Gasteiger charge is 2.14. The minimum absolute atomic E-state index is 0.00380. The molecule has 0 saturated carbocycles. The molecular formula is C18H22N4O. The van der Waals surface area contributed by atoms with Crippen LogP contribution in [0.15, 0.2) is 48.8 Å². The maximum absolute atomic E-state index is 12.2. The van der Waals surface area contributed by atoms with Crippen LogP contribution < -0.4 is 10.6 Å². The van der Waals surface area contributed by atoms with E-state index in [-0.39, 0.29) is 11.9 Å². The Kier molecular flexibility index (Phi) is 4.76. The molecule has 0 saturated heterocycles. The molecule has 5 nitrogen and oxygen atoms in total. The highest BCUT2D eigenvalue weighted by molar-refractivity contribution is 5.94. The number of rotatable bonds is 5. The SMILES string of the molecule is Cn1cc(CNc2ccc(C(=O)NC3CC=CCC3)cc2)cn1. The quantitative estimate of drug-likeness (QED) is 0.835. The van der Waals surface area contributed by atoms with Crippen molar-refractivity contribution in [1.29, 1.82) is 0 Å². The monoisotopic (exact) mass is 310 g/mol. The van der Waals surface area contributed by atoms with Gasteiger partial charge in [0.25, 0.3) is 5.91 Å². The van der Waals surface area contributed by atoms with E-state index in [0.29, 0.717) is 12.1 Å². The van der Waals surface area contributed by atoms with Crippen molar-refractivity contribution in [2.75, 3.05) is 5.32 Å². The molecule has 5 heteroatoms. The van der Waals surface area contributed by atoms with Gasteiger partial charge in [-0.15, -0.1) is 0 Å². The van der Waals surface area contributed by atoms with E-state index in [1.807, 2.05) is 43.7 Å². The largest absolute Gasteiger partial charge is 0.381 e. The molecule has 0 spiro atoms. The fourth-order valence-corrected chi connectivity index (χ4v) is 2.70. The Morgan fingerprint density at radius 2 is 2.13 bits per heavy atom. The van der Waals surface area contributed by atoms with Gasteiger partial charge in [-0.2, -0.15) is 5.10 Å². The van der Waals surface area contributed by atoms with Gasteiger partial charge in [-0.05, 0) is 43.5 Å². The van der Waals surface area contributed by atoms with E-state index in [1.54, 1.807) is 4.68 Å². The summed E-state index contributed by atoms with van der Waals surface area (Å²) in [6.07, 6.45) is 11.1. The molecule has 2 aromatic rings. The lowest BCUT2D eigenvalue weighted by molar-refractivity contribution is 0.0935. The summed E-state index contributed by atoms with van der Waals surface area (Å²) in [5.41, 5.74) is 2.82. The summed E-state index contributed by atoms with van der Waals surface area (Å²) in [6, 6.07) is 7.85. The third-order valence-corrected chi connectivity index (χ3v) is 4.01. The van der Waals surface area contributed by atoms with E-state index < -0.39 is 0 Å². The lowest BCUT2D eigenvalue weighted by Crippen LogP contribution is -2.35. The fourth-order valence-electron chi connectivity index (χ4n) is 2.70. The standard InChI is InChI=1S/C18H22N4O/c1-22-13-14(12-20-22)11-19-16-9-7-15(8-10-16)18(23)21-17-5-3-2-4-6-17/h2-3,7-10,12-13,17,19H,4-6,11H2,1H3,(H,21,23). The average molecular weight is 310 g/mol. The predicted octanol–water partition coefficient (Wildman–Crippen LogP) is 2.87. The molecule has 2 N–H and O–H groups in total. The summed E-state index contributed by atoms with van der Waals surface area (Å²) in [7, 11) is 1.90. The third-order valence-electron chi connectivity index (χ3n) is 4.01. The summed E-state index contributed by atoms with van der Waals surface area (Å²) >= 11 is 0. The van der Waals surface area contributed by atoms with E-state index in [4.69, 9.17) is 0 Å². The molecule has 1 aliphatic rings. The number of hydrogen-bond acceptors (Lipinski definition) is 3. The number of allylic oxidation sites excluding steroid dienone is 1. The minimum atomic E-state index is 0.00380. The molecule has 3 rings (SSSR count). The van der Waals surface area contributed by atoms with Crippen LogP contribution in [-0.4, -0.2) is 21.7 Å². The number of nitrogens with zero attached hydrogens (tertiary/aromatic N) is 2. The number of amides is 1. The van der Waals surface area contributed by atoms with Gasteiger partial charge in [-0.1, -0.05) is 12.2 Å². The molecule has 1 aromatic heterocycles. The zero-order valence-corrected chi connectivity index (χ0v) is 13.3. The van der Waals surface area contributed by atoms with E-state index in [9.17, 15) is 4.79 Å². The normalized spacial score (nSPS) is 17.0. The van der Waals surface area contributed by atoms with Crippen molar-refractivity contribution in [1.82, 2.24) is 15.1 Å². The Bertz CT molecular complexity index is 687. The van der Waals surface area contributed by atoms with Gasteiger partial charge in [0.05, 0.1) is 6.20 Å². The second kappa shape index (κ2) is 7.13. The van der Waals surface area contributed by atoms with Crippen molar-refractivity contribution in [2.24, 2.45) is 7.05 Å². The zero-order valence-electron chi connectivity index (χ0n) is 13.3. The van der Waals surface area contributed by atoms with Gasteiger partial charge in [-0.25, -0.2) is 0 Å². The van der Waals surface area contributed by atoms with Crippen LogP contribution in [-0.2, 0) is 13.6 Å². The summed E-state index contributed by atoms with van der Waals surface area (Å²) in [5.74, 6) is 0.00380. The van der Waals surface area contributed by atoms with Crippen LogP contribution >= 0.6 is 0 Å². The molecule has 1 atom stereocenters. The number of carbonyl (C=O) groups excluding carboxylic acids is 1.